The second kappa shape index (κ2) is 6.83. The van der Waals surface area contributed by atoms with Gasteiger partial charge >= 0.3 is 0 Å². The molecule has 0 atom stereocenters. The minimum Gasteiger partial charge on any atom is -0.394 e. The monoisotopic (exact) mass is 332 g/mol. The van der Waals surface area contributed by atoms with Crippen molar-refractivity contribution in [2.24, 2.45) is 0 Å². The Labute approximate surface area is 119 Å². The Kier molecular flexibility index (Phi) is 5.71. The number of aliphatic hydroxyl groups excluding tert-OH is 2. The van der Waals surface area contributed by atoms with E-state index in [0.717, 1.165) is 0 Å². The van der Waals surface area contributed by atoms with Crippen molar-refractivity contribution in [1.29, 1.82) is 0 Å². The SMILES string of the molecule is CCC(CO)(CO)NC(=O)Cn1cc(Br)ccc1=O. The van der Waals surface area contributed by atoms with Crippen LogP contribution in [-0.2, 0) is 11.3 Å². The number of pyridine rings is 1. The van der Waals surface area contributed by atoms with Crippen molar-refractivity contribution in [3.8, 4) is 0 Å². The summed E-state index contributed by atoms with van der Waals surface area (Å²) in [6.07, 6.45) is 1.90. The summed E-state index contributed by atoms with van der Waals surface area (Å²) in [5.74, 6) is -0.440. The molecule has 0 fully saturated rings. The van der Waals surface area contributed by atoms with Gasteiger partial charge in [-0.3, -0.25) is 9.59 Å². The van der Waals surface area contributed by atoms with Gasteiger partial charge in [0.1, 0.15) is 6.54 Å². The van der Waals surface area contributed by atoms with E-state index in [1.165, 1.54) is 16.8 Å². The molecule has 1 amide bonds. The van der Waals surface area contributed by atoms with Crippen molar-refractivity contribution in [2.45, 2.75) is 25.4 Å². The summed E-state index contributed by atoms with van der Waals surface area (Å²) in [7, 11) is 0. The second-order valence-electron chi connectivity index (χ2n) is 4.31. The van der Waals surface area contributed by atoms with Gasteiger partial charge in [0, 0.05) is 16.7 Å². The number of aromatic nitrogens is 1. The average Bonchev–Trinajstić information content (AvgIpc) is 2.40. The Morgan fingerprint density at radius 3 is 2.58 bits per heavy atom. The maximum absolute atomic E-state index is 11.9. The third kappa shape index (κ3) is 4.15. The molecule has 0 aliphatic rings. The molecule has 6 nitrogen and oxygen atoms in total. The predicted octanol–water partition coefficient (Wildman–Crippen LogP) is -0.140. The summed E-state index contributed by atoms with van der Waals surface area (Å²) in [5, 5.41) is 21.0. The molecular formula is C12H17BrN2O4. The van der Waals surface area contributed by atoms with Gasteiger partial charge in [-0.15, -0.1) is 0 Å². The number of halogens is 1. The van der Waals surface area contributed by atoms with Gasteiger partial charge in [0.25, 0.3) is 5.56 Å². The molecule has 0 radical (unpaired) electrons. The lowest BCUT2D eigenvalue weighted by Gasteiger charge is -2.29. The first-order valence-electron chi connectivity index (χ1n) is 5.85. The number of rotatable bonds is 6. The Morgan fingerprint density at radius 1 is 1.42 bits per heavy atom. The number of hydrogen-bond donors (Lipinski definition) is 3. The molecule has 106 valence electrons. The molecule has 0 aliphatic carbocycles. The van der Waals surface area contributed by atoms with Crippen LogP contribution in [0.1, 0.15) is 13.3 Å². The molecule has 1 aromatic heterocycles. The number of nitrogens with zero attached hydrogens (tertiary/aromatic N) is 1. The number of carbonyl (C=O) groups excluding carboxylic acids is 1. The highest BCUT2D eigenvalue weighted by Gasteiger charge is 2.28. The van der Waals surface area contributed by atoms with E-state index in [-0.39, 0.29) is 25.3 Å². The first-order valence-corrected chi connectivity index (χ1v) is 6.64. The maximum Gasteiger partial charge on any atom is 0.251 e. The van der Waals surface area contributed by atoms with Crippen LogP contribution in [0.25, 0.3) is 0 Å². The van der Waals surface area contributed by atoms with E-state index in [0.29, 0.717) is 10.9 Å². The number of nitrogens with one attached hydrogen (secondary N) is 1. The van der Waals surface area contributed by atoms with Crippen molar-refractivity contribution in [2.75, 3.05) is 13.2 Å². The highest BCUT2D eigenvalue weighted by molar-refractivity contribution is 9.10. The van der Waals surface area contributed by atoms with E-state index in [9.17, 15) is 19.8 Å². The lowest BCUT2D eigenvalue weighted by atomic mass is 9.98. The Morgan fingerprint density at radius 2 is 2.05 bits per heavy atom. The third-order valence-corrected chi connectivity index (χ3v) is 3.42. The van der Waals surface area contributed by atoms with E-state index in [1.54, 1.807) is 13.0 Å². The normalized spacial score (nSPS) is 11.4. The van der Waals surface area contributed by atoms with Crippen LogP contribution in [-0.4, -0.2) is 39.4 Å². The average molecular weight is 333 g/mol. The van der Waals surface area contributed by atoms with E-state index >= 15 is 0 Å². The molecule has 3 N–H and O–H groups in total. The summed E-state index contributed by atoms with van der Waals surface area (Å²) in [5.41, 5.74) is -1.35. The van der Waals surface area contributed by atoms with Crippen LogP contribution in [0, 0.1) is 0 Å². The summed E-state index contributed by atoms with van der Waals surface area (Å²) in [4.78, 5) is 23.4. The topological polar surface area (TPSA) is 91.6 Å². The van der Waals surface area contributed by atoms with Crippen LogP contribution in [0.2, 0.25) is 0 Å². The first kappa shape index (κ1) is 15.9. The first-order chi connectivity index (χ1) is 8.96. The summed E-state index contributed by atoms with van der Waals surface area (Å²) >= 11 is 3.22. The van der Waals surface area contributed by atoms with Crippen molar-refractivity contribution in [3.63, 3.8) is 0 Å². The second-order valence-corrected chi connectivity index (χ2v) is 5.23. The zero-order chi connectivity index (χ0) is 14.5. The number of aliphatic hydroxyl groups is 2. The van der Waals surface area contributed by atoms with E-state index in [1.807, 2.05) is 0 Å². The fourth-order valence-electron chi connectivity index (χ4n) is 1.56. The van der Waals surface area contributed by atoms with Gasteiger partial charge in [-0.2, -0.15) is 0 Å². The molecule has 1 rings (SSSR count). The molecule has 0 saturated heterocycles. The molecule has 0 spiro atoms. The smallest absolute Gasteiger partial charge is 0.251 e. The summed E-state index contributed by atoms with van der Waals surface area (Å²) in [6.45, 7) is 0.857. The molecule has 0 saturated carbocycles. The minimum absolute atomic E-state index is 0.167. The van der Waals surface area contributed by atoms with Crippen molar-refractivity contribution in [3.05, 3.63) is 33.2 Å². The van der Waals surface area contributed by atoms with E-state index in [2.05, 4.69) is 21.2 Å². The van der Waals surface area contributed by atoms with Gasteiger partial charge in [0.2, 0.25) is 5.91 Å². The number of hydrogen-bond acceptors (Lipinski definition) is 4. The van der Waals surface area contributed by atoms with Crippen LogP contribution >= 0.6 is 15.9 Å². The molecule has 0 unspecified atom stereocenters. The highest BCUT2D eigenvalue weighted by atomic mass is 79.9. The van der Waals surface area contributed by atoms with Crippen LogP contribution in [0.3, 0.4) is 0 Å². The van der Waals surface area contributed by atoms with E-state index in [4.69, 9.17) is 0 Å². The van der Waals surface area contributed by atoms with Crippen LogP contribution < -0.4 is 10.9 Å². The van der Waals surface area contributed by atoms with Crippen LogP contribution in [0.15, 0.2) is 27.6 Å². The van der Waals surface area contributed by atoms with Gasteiger partial charge in [0.05, 0.1) is 18.8 Å². The maximum atomic E-state index is 11.9. The van der Waals surface area contributed by atoms with Crippen molar-refractivity contribution >= 4 is 21.8 Å². The molecule has 19 heavy (non-hydrogen) atoms. The fourth-order valence-corrected chi connectivity index (χ4v) is 1.94. The molecule has 1 aromatic rings. The highest BCUT2D eigenvalue weighted by Crippen LogP contribution is 2.09. The largest absolute Gasteiger partial charge is 0.394 e. The Bertz CT molecular complexity index is 488. The minimum atomic E-state index is -1.05. The molecule has 0 aromatic carbocycles. The van der Waals surface area contributed by atoms with Crippen molar-refractivity contribution < 1.29 is 15.0 Å². The Hall–Kier alpha value is -1.18. The Balaban J connectivity index is 2.80. The van der Waals surface area contributed by atoms with Crippen LogP contribution in [0.4, 0.5) is 0 Å². The molecule has 1 heterocycles. The molecule has 7 heteroatoms. The standard InChI is InChI=1S/C12H17BrN2O4/c1-2-12(7-16,8-17)14-10(18)6-15-5-9(13)3-4-11(15)19/h3-5,16-17H,2,6-8H2,1H3,(H,14,18). The summed E-state index contributed by atoms with van der Waals surface area (Å²) < 4.78 is 1.93. The number of carbonyl (C=O) groups is 1. The quantitative estimate of drug-likeness (QED) is 0.676. The molecular weight excluding hydrogens is 316 g/mol. The zero-order valence-corrected chi connectivity index (χ0v) is 12.2. The lowest BCUT2D eigenvalue weighted by Crippen LogP contribution is -2.54. The fraction of sp³-hybridized carbons (Fsp3) is 0.500. The van der Waals surface area contributed by atoms with Gasteiger partial charge in [0.15, 0.2) is 0 Å². The number of amides is 1. The van der Waals surface area contributed by atoms with E-state index < -0.39 is 11.4 Å². The molecule has 0 bridgehead atoms. The van der Waals surface area contributed by atoms with Crippen LogP contribution in [0.5, 0.6) is 0 Å². The van der Waals surface area contributed by atoms with Crippen molar-refractivity contribution in [1.82, 2.24) is 9.88 Å². The van der Waals surface area contributed by atoms with Gasteiger partial charge in [-0.05, 0) is 28.4 Å². The lowest BCUT2D eigenvalue weighted by molar-refractivity contribution is -0.125. The molecule has 0 aliphatic heterocycles. The van der Waals surface area contributed by atoms with Gasteiger partial charge in [-0.1, -0.05) is 6.92 Å². The van der Waals surface area contributed by atoms with Gasteiger partial charge < -0.3 is 20.1 Å². The zero-order valence-electron chi connectivity index (χ0n) is 10.6. The van der Waals surface area contributed by atoms with Gasteiger partial charge in [-0.25, -0.2) is 0 Å². The third-order valence-electron chi connectivity index (χ3n) is 2.95. The predicted molar refractivity (Wildman–Crippen MR) is 73.7 cm³/mol. The summed E-state index contributed by atoms with van der Waals surface area (Å²) in [6, 6.07) is 2.94.